The molecule has 0 aromatic heterocycles. The Balaban J connectivity index is 0.000000342. The standard InChI is InChI=1S/C27H46O.C6H10O4/c1-18(2)7-6-8-19(3)23-11-12-24-22-10-9-20-17-21(28)13-15-26(20,4)25(22)14-16-27(23,24)5;7-5(8)3-1-2-4-6(9)10/h9,18-19,21-25,28H,6-8,10-17H2,1-5H3;1-4H2,(H,7,8)(H,9,10)/t19-,21+,22+,23-,24+,25+,26+,27-;/m1./s1. The van der Waals surface area contributed by atoms with E-state index >= 15 is 0 Å². The minimum atomic E-state index is -0.870. The lowest BCUT2D eigenvalue weighted by Crippen LogP contribution is -2.50. The summed E-state index contributed by atoms with van der Waals surface area (Å²) in [6.45, 7) is 12.6. The van der Waals surface area contributed by atoms with E-state index in [1.165, 1.54) is 57.8 Å². The van der Waals surface area contributed by atoms with Crippen molar-refractivity contribution in [2.45, 2.75) is 137 Å². The number of rotatable bonds is 10. The molecule has 5 nitrogen and oxygen atoms in total. The van der Waals surface area contributed by atoms with Gasteiger partial charge < -0.3 is 15.3 Å². The Morgan fingerprint density at radius 2 is 1.55 bits per heavy atom. The van der Waals surface area contributed by atoms with E-state index < -0.39 is 11.9 Å². The van der Waals surface area contributed by atoms with Gasteiger partial charge in [0.1, 0.15) is 0 Å². The fourth-order valence-electron chi connectivity index (χ4n) is 9.22. The molecule has 3 fully saturated rings. The first kappa shape index (κ1) is 31.2. The third kappa shape index (κ3) is 7.23. The predicted molar refractivity (Wildman–Crippen MR) is 153 cm³/mol. The highest BCUT2D eigenvalue weighted by Crippen LogP contribution is 2.67. The lowest BCUT2D eigenvalue weighted by molar-refractivity contribution is -0.139. The highest BCUT2D eigenvalue weighted by molar-refractivity contribution is 5.67. The SMILES string of the molecule is CC(C)CCC[C@@H](C)[C@H]1CC[C@H]2[C@@H]3CC=C4C[C@@H](O)CC[C@]4(C)[C@H]3CC[C@]12C.O=C(O)CCCCC(=O)O. The number of aliphatic carboxylic acids is 2. The van der Waals surface area contributed by atoms with Gasteiger partial charge in [0, 0.05) is 12.8 Å². The van der Waals surface area contributed by atoms with Crippen LogP contribution in [-0.4, -0.2) is 33.4 Å². The maximum absolute atomic E-state index is 10.2. The second-order valence-corrected chi connectivity index (χ2v) is 14.2. The molecule has 0 bridgehead atoms. The number of hydrogen-bond donors (Lipinski definition) is 3. The molecule has 0 unspecified atom stereocenters. The largest absolute Gasteiger partial charge is 0.481 e. The summed E-state index contributed by atoms with van der Waals surface area (Å²) in [5.74, 6) is 3.72. The number of aliphatic hydroxyl groups excluding tert-OH is 1. The fourth-order valence-corrected chi connectivity index (χ4v) is 9.22. The Morgan fingerprint density at radius 3 is 2.16 bits per heavy atom. The average Bonchev–Trinajstić information content (AvgIpc) is 3.19. The van der Waals surface area contributed by atoms with Crippen LogP contribution in [0.25, 0.3) is 0 Å². The van der Waals surface area contributed by atoms with E-state index in [0.717, 1.165) is 48.3 Å². The van der Waals surface area contributed by atoms with Crippen LogP contribution in [0.5, 0.6) is 0 Å². The molecule has 0 radical (unpaired) electrons. The normalized spacial score (nSPS) is 36.7. The molecule has 0 heterocycles. The zero-order valence-electron chi connectivity index (χ0n) is 24.9. The van der Waals surface area contributed by atoms with Crippen molar-refractivity contribution in [1.82, 2.24) is 0 Å². The molecule has 5 heteroatoms. The van der Waals surface area contributed by atoms with Crippen molar-refractivity contribution in [2.24, 2.45) is 46.3 Å². The molecule has 0 amide bonds. The van der Waals surface area contributed by atoms with Crippen molar-refractivity contribution < 1.29 is 24.9 Å². The maximum Gasteiger partial charge on any atom is 0.303 e. The van der Waals surface area contributed by atoms with E-state index in [-0.39, 0.29) is 18.9 Å². The van der Waals surface area contributed by atoms with Crippen LogP contribution in [0.1, 0.15) is 131 Å². The second-order valence-electron chi connectivity index (χ2n) is 14.2. The zero-order valence-corrected chi connectivity index (χ0v) is 24.9. The van der Waals surface area contributed by atoms with E-state index in [1.807, 2.05) is 0 Å². The van der Waals surface area contributed by atoms with Gasteiger partial charge >= 0.3 is 11.9 Å². The van der Waals surface area contributed by atoms with Gasteiger partial charge in [0.25, 0.3) is 0 Å². The molecule has 4 aliphatic rings. The minimum Gasteiger partial charge on any atom is -0.481 e. The van der Waals surface area contributed by atoms with Crippen molar-refractivity contribution in [3.8, 4) is 0 Å². The van der Waals surface area contributed by atoms with Crippen molar-refractivity contribution in [3.05, 3.63) is 11.6 Å². The zero-order chi connectivity index (χ0) is 28.1. The quantitative estimate of drug-likeness (QED) is 0.195. The van der Waals surface area contributed by atoms with Gasteiger partial charge in [-0.3, -0.25) is 9.59 Å². The van der Waals surface area contributed by atoms with E-state index in [4.69, 9.17) is 10.2 Å². The highest BCUT2D eigenvalue weighted by atomic mass is 16.4. The van der Waals surface area contributed by atoms with Gasteiger partial charge in [-0.15, -0.1) is 0 Å². The van der Waals surface area contributed by atoms with E-state index in [9.17, 15) is 14.7 Å². The first-order valence-electron chi connectivity index (χ1n) is 15.7. The summed E-state index contributed by atoms with van der Waals surface area (Å²) in [6.07, 6.45) is 18.2. The molecule has 3 N–H and O–H groups in total. The molecule has 0 aromatic carbocycles. The molecule has 0 saturated heterocycles. The smallest absolute Gasteiger partial charge is 0.303 e. The third-order valence-electron chi connectivity index (χ3n) is 11.3. The lowest BCUT2D eigenvalue weighted by atomic mass is 9.47. The number of carboxylic acids is 2. The van der Waals surface area contributed by atoms with Crippen LogP contribution in [0.3, 0.4) is 0 Å². The predicted octanol–water partition coefficient (Wildman–Crippen LogP) is 8.10. The van der Waals surface area contributed by atoms with Gasteiger partial charge in [0.15, 0.2) is 0 Å². The summed E-state index contributed by atoms with van der Waals surface area (Å²) in [6, 6.07) is 0. The Hall–Kier alpha value is -1.36. The number of unbranched alkanes of at least 4 members (excludes halogenated alkanes) is 1. The van der Waals surface area contributed by atoms with Crippen molar-refractivity contribution in [2.75, 3.05) is 0 Å². The summed E-state index contributed by atoms with van der Waals surface area (Å²) in [5.41, 5.74) is 2.60. The molecule has 4 aliphatic carbocycles. The van der Waals surface area contributed by atoms with Crippen molar-refractivity contribution in [3.63, 3.8) is 0 Å². The molecule has 8 atom stereocenters. The number of aliphatic hydroxyl groups is 1. The van der Waals surface area contributed by atoms with Crippen LogP contribution in [0.2, 0.25) is 0 Å². The molecule has 4 rings (SSSR count). The van der Waals surface area contributed by atoms with Crippen LogP contribution in [-0.2, 0) is 9.59 Å². The van der Waals surface area contributed by atoms with E-state index in [2.05, 4.69) is 40.7 Å². The monoisotopic (exact) mass is 532 g/mol. The maximum atomic E-state index is 10.2. The Morgan fingerprint density at radius 1 is 0.895 bits per heavy atom. The van der Waals surface area contributed by atoms with Crippen LogP contribution in [0.15, 0.2) is 11.6 Å². The topological polar surface area (TPSA) is 94.8 Å². The lowest BCUT2D eigenvalue weighted by Gasteiger charge is -2.58. The molecule has 38 heavy (non-hydrogen) atoms. The van der Waals surface area contributed by atoms with Crippen molar-refractivity contribution >= 4 is 11.9 Å². The summed E-state index contributed by atoms with van der Waals surface area (Å²) < 4.78 is 0. The Kier molecular flexibility index (Phi) is 10.9. The van der Waals surface area contributed by atoms with Crippen LogP contribution >= 0.6 is 0 Å². The Labute approximate surface area is 231 Å². The first-order chi connectivity index (χ1) is 17.9. The molecule has 0 spiro atoms. The van der Waals surface area contributed by atoms with E-state index in [1.54, 1.807) is 5.57 Å². The molecule has 0 aromatic rings. The molecular formula is C33H56O5. The van der Waals surface area contributed by atoms with Gasteiger partial charge in [-0.25, -0.2) is 0 Å². The summed E-state index contributed by atoms with van der Waals surface area (Å²) >= 11 is 0. The van der Waals surface area contributed by atoms with E-state index in [0.29, 0.717) is 23.7 Å². The number of hydrogen-bond acceptors (Lipinski definition) is 3. The second kappa shape index (κ2) is 13.3. The number of carboxylic acid groups (broad SMARTS) is 2. The molecular weight excluding hydrogens is 476 g/mol. The summed E-state index contributed by atoms with van der Waals surface area (Å²) in [4.78, 5) is 19.8. The van der Waals surface area contributed by atoms with Crippen LogP contribution < -0.4 is 0 Å². The van der Waals surface area contributed by atoms with Gasteiger partial charge in [-0.1, -0.05) is 65.5 Å². The van der Waals surface area contributed by atoms with Crippen LogP contribution in [0.4, 0.5) is 0 Å². The number of fused-ring (bicyclic) bond motifs is 5. The third-order valence-corrected chi connectivity index (χ3v) is 11.3. The number of allylic oxidation sites excluding steroid dienone is 1. The fraction of sp³-hybridized carbons (Fsp3) is 0.879. The first-order valence-corrected chi connectivity index (χ1v) is 15.7. The van der Waals surface area contributed by atoms with Crippen LogP contribution in [0, 0.1) is 46.3 Å². The molecule has 3 saturated carbocycles. The van der Waals surface area contributed by atoms with Gasteiger partial charge in [-0.2, -0.15) is 0 Å². The Bertz CT molecular complexity index is 817. The van der Waals surface area contributed by atoms with Crippen molar-refractivity contribution in [1.29, 1.82) is 0 Å². The highest BCUT2D eigenvalue weighted by Gasteiger charge is 2.59. The van der Waals surface area contributed by atoms with Gasteiger partial charge in [-0.05, 0) is 111 Å². The molecule has 218 valence electrons. The molecule has 0 aliphatic heterocycles. The minimum absolute atomic E-state index is 0.0628. The van der Waals surface area contributed by atoms with Gasteiger partial charge in [0.2, 0.25) is 0 Å². The summed E-state index contributed by atoms with van der Waals surface area (Å²) in [7, 11) is 0. The average molecular weight is 533 g/mol. The summed E-state index contributed by atoms with van der Waals surface area (Å²) in [5, 5.41) is 26.5. The number of carbonyl (C=O) groups is 2. The van der Waals surface area contributed by atoms with Gasteiger partial charge in [0.05, 0.1) is 6.10 Å².